The molecule has 0 radical (unpaired) electrons. The summed E-state index contributed by atoms with van der Waals surface area (Å²) in [5.41, 5.74) is 1.20. The molecule has 0 aliphatic carbocycles. The second kappa shape index (κ2) is 8.38. The minimum absolute atomic E-state index is 0.294. The van der Waals surface area contributed by atoms with E-state index < -0.39 is 17.8 Å². The first kappa shape index (κ1) is 19.3. The Labute approximate surface area is 153 Å². The van der Waals surface area contributed by atoms with Crippen molar-refractivity contribution in [1.29, 1.82) is 0 Å². The topological polar surface area (TPSA) is 73.9 Å². The largest absolute Gasteiger partial charge is 0.514 e. The van der Waals surface area contributed by atoms with Crippen molar-refractivity contribution in [2.45, 2.75) is 39.7 Å². The van der Waals surface area contributed by atoms with Gasteiger partial charge in [0.05, 0.1) is 0 Å². The number of benzene rings is 2. The first-order chi connectivity index (χ1) is 12.2. The summed E-state index contributed by atoms with van der Waals surface area (Å²) in [6.07, 6.45) is -0.461. The minimum atomic E-state index is -0.792. The van der Waals surface area contributed by atoms with Gasteiger partial charge in [-0.05, 0) is 69.2 Å². The smallest absolute Gasteiger partial charge is 0.428 e. The first-order valence-electron chi connectivity index (χ1n) is 8.34. The fraction of sp³-hybridized carbons (Fsp3) is 0.300. The molecule has 1 amide bonds. The molecule has 2 aromatic rings. The molecular weight excluding hydrogens is 334 g/mol. The lowest BCUT2D eigenvalue weighted by Crippen LogP contribution is -2.25. The molecule has 0 saturated carbocycles. The predicted octanol–water partition coefficient (Wildman–Crippen LogP) is 5.17. The Hall–Kier alpha value is -3.02. The third kappa shape index (κ3) is 6.47. The highest BCUT2D eigenvalue weighted by atomic mass is 16.7. The van der Waals surface area contributed by atoms with Crippen molar-refractivity contribution >= 4 is 17.9 Å². The maximum Gasteiger partial charge on any atom is 0.514 e. The Balaban J connectivity index is 1.87. The quantitative estimate of drug-likeness (QED) is 0.603. The van der Waals surface area contributed by atoms with Gasteiger partial charge in [0, 0.05) is 5.69 Å². The van der Waals surface area contributed by atoms with Crippen molar-refractivity contribution in [1.82, 2.24) is 0 Å². The van der Waals surface area contributed by atoms with E-state index in [0.717, 1.165) is 6.42 Å². The van der Waals surface area contributed by atoms with Crippen molar-refractivity contribution in [3.63, 3.8) is 0 Å². The first-order valence-corrected chi connectivity index (χ1v) is 8.34. The Bertz CT molecular complexity index is 745. The van der Waals surface area contributed by atoms with Crippen LogP contribution in [-0.2, 0) is 11.2 Å². The van der Waals surface area contributed by atoms with E-state index >= 15 is 0 Å². The van der Waals surface area contributed by atoms with Gasteiger partial charge in [0.1, 0.15) is 17.1 Å². The number of rotatable bonds is 4. The van der Waals surface area contributed by atoms with Crippen molar-refractivity contribution in [3.8, 4) is 11.5 Å². The molecule has 0 saturated heterocycles. The summed E-state index contributed by atoms with van der Waals surface area (Å²) in [4.78, 5) is 23.5. The van der Waals surface area contributed by atoms with Crippen LogP contribution in [0.1, 0.15) is 33.3 Å². The zero-order valence-corrected chi connectivity index (χ0v) is 15.4. The van der Waals surface area contributed by atoms with Gasteiger partial charge in [0.25, 0.3) is 0 Å². The number of ether oxygens (including phenoxy) is 3. The minimum Gasteiger partial charge on any atom is -0.428 e. The summed E-state index contributed by atoms with van der Waals surface area (Å²) < 4.78 is 15.3. The van der Waals surface area contributed by atoms with E-state index in [9.17, 15) is 9.59 Å². The third-order valence-corrected chi connectivity index (χ3v) is 3.23. The number of amides is 1. The molecule has 2 aromatic carbocycles. The van der Waals surface area contributed by atoms with E-state index in [1.54, 1.807) is 20.8 Å². The normalized spacial score (nSPS) is 10.8. The van der Waals surface area contributed by atoms with Gasteiger partial charge in [-0.1, -0.05) is 19.1 Å². The van der Waals surface area contributed by atoms with Crippen LogP contribution in [0.25, 0.3) is 0 Å². The SMILES string of the molecule is CCc1ccc(NC(=O)Oc2ccc(OC(=O)OC(C)(C)C)cc2)cc1. The third-order valence-electron chi connectivity index (χ3n) is 3.23. The molecule has 1 N–H and O–H groups in total. The summed E-state index contributed by atoms with van der Waals surface area (Å²) in [5.74, 6) is 0.617. The van der Waals surface area contributed by atoms with Crippen LogP contribution in [0.15, 0.2) is 48.5 Å². The van der Waals surface area contributed by atoms with Crippen molar-refractivity contribution in [3.05, 3.63) is 54.1 Å². The molecular formula is C20H23NO5. The highest BCUT2D eigenvalue weighted by Gasteiger charge is 2.18. The molecule has 2 rings (SSSR count). The van der Waals surface area contributed by atoms with Gasteiger partial charge in [0.2, 0.25) is 0 Å². The van der Waals surface area contributed by atoms with Crippen LogP contribution in [0.3, 0.4) is 0 Å². The van der Waals surface area contributed by atoms with Crippen LogP contribution in [-0.4, -0.2) is 17.8 Å². The predicted molar refractivity (Wildman–Crippen MR) is 98.8 cm³/mol. The highest BCUT2D eigenvalue weighted by Crippen LogP contribution is 2.20. The van der Waals surface area contributed by atoms with E-state index in [1.165, 1.54) is 29.8 Å². The molecule has 26 heavy (non-hydrogen) atoms. The average Bonchev–Trinajstić information content (AvgIpc) is 2.55. The lowest BCUT2D eigenvalue weighted by atomic mass is 10.1. The Morgan fingerprint density at radius 1 is 0.885 bits per heavy atom. The fourth-order valence-electron chi connectivity index (χ4n) is 2.02. The summed E-state index contributed by atoms with van der Waals surface area (Å²) in [5, 5.41) is 2.65. The molecule has 0 spiro atoms. The monoisotopic (exact) mass is 357 g/mol. The lowest BCUT2D eigenvalue weighted by molar-refractivity contribution is 0.0206. The maximum absolute atomic E-state index is 11.9. The Morgan fingerprint density at radius 3 is 1.92 bits per heavy atom. The molecule has 0 aliphatic heterocycles. The van der Waals surface area contributed by atoms with Gasteiger partial charge >= 0.3 is 12.2 Å². The number of anilines is 1. The second-order valence-corrected chi connectivity index (χ2v) is 6.60. The maximum atomic E-state index is 11.9. The fourth-order valence-corrected chi connectivity index (χ4v) is 2.02. The molecule has 0 bridgehead atoms. The molecule has 0 heterocycles. The highest BCUT2D eigenvalue weighted by molar-refractivity contribution is 5.86. The van der Waals surface area contributed by atoms with Gasteiger partial charge in [-0.25, -0.2) is 9.59 Å². The summed E-state index contributed by atoms with van der Waals surface area (Å²) >= 11 is 0. The summed E-state index contributed by atoms with van der Waals surface area (Å²) in [6.45, 7) is 7.31. The van der Waals surface area contributed by atoms with Crippen molar-refractivity contribution in [2.24, 2.45) is 0 Å². The molecule has 0 aromatic heterocycles. The van der Waals surface area contributed by atoms with E-state index in [2.05, 4.69) is 12.2 Å². The van der Waals surface area contributed by atoms with Gasteiger partial charge in [-0.15, -0.1) is 0 Å². The number of aryl methyl sites for hydroxylation is 1. The van der Waals surface area contributed by atoms with Crippen LogP contribution in [0.5, 0.6) is 11.5 Å². The van der Waals surface area contributed by atoms with Gasteiger partial charge in [0.15, 0.2) is 0 Å². The Morgan fingerprint density at radius 2 is 1.42 bits per heavy atom. The van der Waals surface area contributed by atoms with Gasteiger partial charge in [-0.2, -0.15) is 0 Å². The zero-order chi connectivity index (χ0) is 19.2. The molecule has 6 nitrogen and oxygen atoms in total. The molecule has 0 aliphatic rings. The number of carbonyl (C=O) groups excluding carboxylic acids is 2. The Kier molecular flexibility index (Phi) is 6.22. The number of hydrogen-bond acceptors (Lipinski definition) is 5. The standard InChI is InChI=1S/C20H23NO5/c1-5-14-6-8-15(9-7-14)21-18(22)24-16-10-12-17(13-11-16)25-19(23)26-20(2,3)4/h6-13H,5H2,1-4H3,(H,21,22). The van der Waals surface area contributed by atoms with Crippen LogP contribution < -0.4 is 14.8 Å². The number of nitrogens with one attached hydrogen (secondary N) is 1. The number of hydrogen-bond donors (Lipinski definition) is 1. The van der Waals surface area contributed by atoms with Crippen LogP contribution in [0, 0.1) is 0 Å². The van der Waals surface area contributed by atoms with Gasteiger partial charge in [-0.3, -0.25) is 5.32 Å². The van der Waals surface area contributed by atoms with Gasteiger partial charge < -0.3 is 14.2 Å². The van der Waals surface area contributed by atoms with Crippen molar-refractivity contribution in [2.75, 3.05) is 5.32 Å². The van der Waals surface area contributed by atoms with E-state index in [0.29, 0.717) is 17.2 Å². The van der Waals surface area contributed by atoms with E-state index in [-0.39, 0.29) is 0 Å². The second-order valence-electron chi connectivity index (χ2n) is 6.60. The van der Waals surface area contributed by atoms with E-state index in [1.807, 2.05) is 24.3 Å². The lowest BCUT2D eigenvalue weighted by Gasteiger charge is -2.18. The summed E-state index contributed by atoms with van der Waals surface area (Å²) in [6, 6.07) is 13.6. The average molecular weight is 357 g/mol. The van der Waals surface area contributed by atoms with Crippen LogP contribution in [0.2, 0.25) is 0 Å². The van der Waals surface area contributed by atoms with Crippen molar-refractivity contribution < 1.29 is 23.8 Å². The molecule has 138 valence electrons. The van der Waals surface area contributed by atoms with Crippen LogP contribution in [0.4, 0.5) is 15.3 Å². The summed E-state index contributed by atoms with van der Waals surface area (Å²) in [7, 11) is 0. The molecule has 0 unspecified atom stereocenters. The van der Waals surface area contributed by atoms with Crippen LogP contribution >= 0.6 is 0 Å². The molecule has 0 fully saturated rings. The molecule has 6 heteroatoms. The zero-order valence-electron chi connectivity index (χ0n) is 15.4. The van der Waals surface area contributed by atoms with E-state index in [4.69, 9.17) is 14.2 Å². The molecule has 0 atom stereocenters. The number of carbonyl (C=O) groups is 2.